The fraction of sp³-hybridized carbons (Fsp3) is 0.381. The SMILES string of the molecule is CCCCN(CCCC)c1ccc(/C=C/C=C/c2c(F)c(F)c(/C=C/C=C/c3ccc(N(CCCC)CCCC)cc3)c(F)c2F)cc1. The first-order chi connectivity index (χ1) is 23.3. The van der Waals surface area contributed by atoms with Gasteiger partial charge in [0, 0.05) is 37.6 Å². The summed E-state index contributed by atoms with van der Waals surface area (Å²) in [6.07, 6.45) is 20.6. The first kappa shape index (κ1) is 38.4. The molecule has 0 aliphatic rings. The van der Waals surface area contributed by atoms with Gasteiger partial charge in [0.05, 0.1) is 11.1 Å². The van der Waals surface area contributed by atoms with Crippen LogP contribution in [0.25, 0.3) is 24.3 Å². The van der Waals surface area contributed by atoms with E-state index in [1.54, 1.807) is 24.3 Å². The van der Waals surface area contributed by atoms with Crippen LogP contribution in [0.15, 0.2) is 72.8 Å². The minimum atomic E-state index is -1.43. The Hall–Kier alpha value is -4.06. The number of hydrogen-bond acceptors (Lipinski definition) is 2. The van der Waals surface area contributed by atoms with E-state index < -0.39 is 34.4 Å². The van der Waals surface area contributed by atoms with Crippen molar-refractivity contribution in [2.75, 3.05) is 36.0 Å². The van der Waals surface area contributed by atoms with Crippen LogP contribution >= 0.6 is 0 Å². The van der Waals surface area contributed by atoms with Gasteiger partial charge in [-0.15, -0.1) is 0 Å². The van der Waals surface area contributed by atoms with Crippen LogP contribution in [0.5, 0.6) is 0 Å². The summed E-state index contributed by atoms with van der Waals surface area (Å²) < 4.78 is 59.5. The average Bonchev–Trinajstić information content (AvgIpc) is 3.11. The molecule has 0 bridgehead atoms. The highest BCUT2D eigenvalue weighted by atomic mass is 19.2. The summed E-state index contributed by atoms with van der Waals surface area (Å²) in [5.74, 6) is -5.73. The molecule has 48 heavy (non-hydrogen) atoms. The standard InChI is InChI=1S/C42H52F4N2/c1-5-9-29-47(30-10-6-2)35-25-21-33(22-26-35)17-13-15-19-37-39(43)41(45)38(42(46)40(37)44)20-16-14-18-34-23-27-36(28-24-34)48(31-11-7-3)32-12-8-4/h13-28H,5-12,29-32H2,1-4H3/b17-13+,18-14+,19-15+,20-16+. The molecule has 0 fully saturated rings. The fourth-order valence-electron chi connectivity index (χ4n) is 5.32. The van der Waals surface area contributed by atoms with Crippen molar-refractivity contribution in [1.82, 2.24) is 0 Å². The molecule has 0 N–H and O–H groups in total. The molecule has 0 unspecified atom stereocenters. The summed E-state index contributed by atoms with van der Waals surface area (Å²) in [6.45, 7) is 12.8. The molecule has 0 atom stereocenters. The number of benzene rings is 3. The maximum atomic E-state index is 14.9. The second kappa shape index (κ2) is 21.0. The van der Waals surface area contributed by atoms with Crippen LogP contribution in [0.1, 0.15) is 101 Å². The number of anilines is 2. The highest BCUT2D eigenvalue weighted by Gasteiger charge is 2.22. The molecular weight excluding hydrogens is 608 g/mol. The van der Waals surface area contributed by atoms with Crippen molar-refractivity contribution >= 4 is 35.7 Å². The maximum Gasteiger partial charge on any atom is 0.169 e. The van der Waals surface area contributed by atoms with Crippen molar-refractivity contribution < 1.29 is 17.6 Å². The lowest BCUT2D eigenvalue weighted by molar-refractivity contribution is 0.448. The maximum absolute atomic E-state index is 14.9. The zero-order valence-electron chi connectivity index (χ0n) is 29.1. The van der Waals surface area contributed by atoms with Crippen LogP contribution in [0.3, 0.4) is 0 Å². The van der Waals surface area contributed by atoms with Crippen molar-refractivity contribution in [1.29, 1.82) is 0 Å². The third-order valence-electron chi connectivity index (χ3n) is 8.30. The van der Waals surface area contributed by atoms with Crippen LogP contribution in [0, 0.1) is 23.3 Å². The smallest absolute Gasteiger partial charge is 0.169 e. The molecule has 0 saturated carbocycles. The van der Waals surface area contributed by atoms with Crippen LogP contribution in [-0.2, 0) is 0 Å². The first-order valence-corrected chi connectivity index (χ1v) is 17.6. The average molecular weight is 661 g/mol. The summed E-state index contributed by atoms with van der Waals surface area (Å²) >= 11 is 0. The minimum absolute atomic E-state index is 0.757. The normalized spacial score (nSPS) is 12.0. The number of rotatable bonds is 20. The van der Waals surface area contributed by atoms with E-state index >= 15 is 0 Å². The van der Waals surface area contributed by atoms with E-state index in [-0.39, 0.29) is 0 Å². The highest BCUT2D eigenvalue weighted by Crippen LogP contribution is 2.27. The monoisotopic (exact) mass is 660 g/mol. The van der Waals surface area contributed by atoms with Gasteiger partial charge >= 0.3 is 0 Å². The van der Waals surface area contributed by atoms with E-state index in [2.05, 4.69) is 61.8 Å². The van der Waals surface area contributed by atoms with Gasteiger partial charge in [-0.25, -0.2) is 17.6 Å². The molecule has 0 radical (unpaired) electrons. The van der Waals surface area contributed by atoms with E-state index in [1.165, 1.54) is 12.2 Å². The van der Waals surface area contributed by atoms with Gasteiger partial charge in [-0.05, 0) is 73.2 Å². The second-order valence-electron chi connectivity index (χ2n) is 12.1. The molecule has 0 spiro atoms. The summed E-state index contributed by atoms with van der Waals surface area (Å²) in [5, 5.41) is 0. The van der Waals surface area contributed by atoms with E-state index in [9.17, 15) is 17.6 Å². The number of nitrogens with zero attached hydrogens (tertiary/aromatic N) is 2. The summed E-state index contributed by atoms with van der Waals surface area (Å²) in [5.41, 5.74) is 2.60. The Morgan fingerprint density at radius 1 is 0.417 bits per heavy atom. The zero-order valence-corrected chi connectivity index (χ0v) is 29.1. The lowest BCUT2D eigenvalue weighted by Gasteiger charge is -2.24. The summed E-state index contributed by atoms with van der Waals surface area (Å²) in [4.78, 5) is 4.78. The topological polar surface area (TPSA) is 6.48 Å². The Bertz CT molecular complexity index is 1340. The van der Waals surface area contributed by atoms with Crippen molar-refractivity contribution in [3.8, 4) is 0 Å². The lowest BCUT2D eigenvalue weighted by Crippen LogP contribution is -2.25. The quantitative estimate of drug-likeness (QED) is 0.0676. The van der Waals surface area contributed by atoms with Gasteiger partial charge in [-0.1, -0.05) is 114 Å². The molecule has 0 aromatic heterocycles. The number of halogens is 4. The molecule has 6 heteroatoms. The Balaban J connectivity index is 1.66. The van der Waals surface area contributed by atoms with Crippen LogP contribution in [0.2, 0.25) is 0 Å². The van der Waals surface area contributed by atoms with Crippen LogP contribution < -0.4 is 9.80 Å². The Morgan fingerprint density at radius 3 is 0.958 bits per heavy atom. The molecule has 258 valence electrons. The number of unbranched alkanes of at least 4 members (excludes halogenated alkanes) is 4. The van der Waals surface area contributed by atoms with Crippen LogP contribution in [-0.4, -0.2) is 26.2 Å². The van der Waals surface area contributed by atoms with E-state index in [0.717, 1.165) is 112 Å². The summed E-state index contributed by atoms with van der Waals surface area (Å²) in [7, 11) is 0. The van der Waals surface area contributed by atoms with Crippen molar-refractivity contribution in [3.63, 3.8) is 0 Å². The second-order valence-corrected chi connectivity index (χ2v) is 12.1. The van der Waals surface area contributed by atoms with Crippen molar-refractivity contribution in [2.24, 2.45) is 0 Å². The molecule has 0 heterocycles. The van der Waals surface area contributed by atoms with Crippen molar-refractivity contribution in [2.45, 2.75) is 79.1 Å². The molecule has 3 aromatic rings. The molecule has 0 saturated heterocycles. The Labute approximate surface area is 286 Å². The molecule has 0 aliphatic carbocycles. The lowest BCUT2D eigenvalue weighted by atomic mass is 10.1. The predicted molar refractivity (Wildman–Crippen MR) is 199 cm³/mol. The molecular formula is C42H52F4N2. The molecule has 3 rings (SSSR count). The molecule has 2 nitrogen and oxygen atoms in total. The minimum Gasteiger partial charge on any atom is -0.372 e. The van der Waals surface area contributed by atoms with E-state index in [1.807, 2.05) is 24.3 Å². The van der Waals surface area contributed by atoms with Crippen molar-refractivity contribution in [3.05, 3.63) is 118 Å². The molecule has 0 aliphatic heterocycles. The number of hydrogen-bond donors (Lipinski definition) is 0. The van der Waals surface area contributed by atoms with Gasteiger partial charge in [0.25, 0.3) is 0 Å². The Morgan fingerprint density at radius 2 is 0.688 bits per heavy atom. The fourth-order valence-corrected chi connectivity index (χ4v) is 5.32. The predicted octanol–water partition coefficient (Wildman–Crippen LogP) is 12.5. The van der Waals surface area contributed by atoms with Gasteiger partial charge in [0.2, 0.25) is 0 Å². The first-order valence-electron chi connectivity index (χ1n) is 17.6. The third kappa shape index (κ3) is 11.6. The number of allylic oxidation sites excluding steroid dienone is 4. The van der Waals surface area contributed by atoms with Crippen LogP contribution in [0.4, 0.5) is 28.9 Å². The van der Waals surface area contributed by atoms with Gasteiger partial charge in [-0.3, -0.25) is 0 Å². The van der Waals surface area contributed by atoms with Gasteiger partial charge < -0.3 is 9.80 Å². The molecule has 0 amide bonds. The van der Waals surface area contributed by atoms with E-state index in [0.29, 0.717) is 0 Å². The Kier molecular flexibility index (Phi) is 16.8. The van der Waals surface area contributed by atoms with Gasteiger partial charge in [0.1, 0.15) is 0 Å². The zero-order chi connectivity index (χ0) is 34.7. The largest absolute Gasteiger partial charge is 0.372 e. The van der Waals surface area contributed by atoms with Gasteiger partial charge in [-0.2, -0.15) is 0 Å². The van der Waals surface area contributed by atoms with Gasteiger partial charge in [0.15, 0.2) is 23.3 Å². The highest BCUT2D eigenvalue weighted by molar-refractivity contribution is 5.64. The summed E-state index contributed by atoms with van der Waals surface area (Å²) in [6, 6.07) is 16.2. The van der Waals surface area contributed by atoms with E-state index in [4.69, 9.17) is 0 Å². The third-order valence-corrected chi connectivity index (χ3v) is 8.30. The molecule has 3 aromatic carbocycles.